The molecule has 8 nitrogen and oxygen atoms in total. The Morgan fingerprint density at radius 1 is 1.19 bits per heavy atom. The van der Waals surface area contributed by atoms with Gasteiger partial charge >= 0.3 is 0 Å². The third kappa shape index (κ3) is 10.0. The van der Waals surface area contributed by atoms with Crippen molar-refractivity contribution in [2.75, 3.05) is 31.3 Å². The van der Waals surface area contributed by atoms with E-state index in [1.165, 1.54) is 29.1 Å². The largest absolute Gasteiger partial charge is 0.388 e. The van der Waals surface area contributed by atoms with E-state index in [0.717, 1.165) is 36.5 Å². The zero-order valence-corrected chi connectivity index (χ0v) is 22.8. The second-order valence-electron chi connectivity index (χ2n) is 8.47. The van der Waals surface area contributed by atoms with Crippen LogP contribution in [0.15, 0.2) is 48.5 Å². The Balaban J connectivity index is 0.000000285. The standard InChI is InChI=1S/C16H18N4O2S.C8H8N2.C4H10/c1-20-6-5-13-14(9-20)23-16(18-13)19-15(22)12-4-2-3-11(7-12)8-17-10-21;1-10-8-4-2-3-7(5-8)6-9;1-3-4-2/h2-4,7,10H,5-6,8-9H2,1H3,(H,17,21)(H,18,19,22);2-5,10H,1H3;3-4H2,1-2H3. The van der Waals surface area contributed by atoms with Crippen LogP contribution in [0, 0.1) is 11.3 Å². The monoisotopic (exact) mass is 520 g/mol. The van der Waals surface area contributed by atoms with Crippen molar-refractivity contribution >= 4 is 34.5 Å². The lowest BCUT2D eigenvalue weighted by atomic mass is 10.1. The summed E-state index contributed by atoms with van der Waals surface area (Å²) in [6, 6.07) is 16.6. The third-order valence-corrected chi connectivity index (χ3v) is 6.50. The van der Waals surface area contributed by atoms with Crippen LogP contribution in [0.1, 0.15) is 58.7 Å². The van der Waals surface area contributed by atoms with E-state index in [1.54, 1.807) is 30.3 Å². The molecule has 0 saturated carbocycles. The van der Waals surface area contributed by atoms with Crippen molar-refractivity contribution in [1.29, 1.82) is 5.26 Å². The number of rotatable bonds is 7. The van der Waals surface area contributed by atoms with Gasteiger partial charge in [-0.15, -0.1) is 11.3 Å². The zero-order valence-electron chi connectivity index (χ0n) is 22.0. The number of fused-ring (bicyclic) bond motifs is 1. The highest BCUT2D eigenvalue weighted by molar-refractivity contribution is 7.15. The molecule has 2 heterocycles. The van der Waals surface area contributed by atoms with Crippen LogP contribution < -0.4 is 16.0 Å². The van der Waals surface area contributed by atoms with Gasteiger partial charge in [-0.2, -0.15) is 5.26 Å². The van der Waals surface area contributed by atoms with Gasteiger partial charge in [-0.05, 0) is 42.9 Å². The van der Waals surface area contributed by atoms with Crippen LogP contribution in [-0.2, 0) is 24.3 Å². The zero-order chi connectivity index (χ0) is 27.0. The fraction of sp³-hybridized carbons (Fsp3) is 0.357. The van der Waals surface area contributed by atoms with Crippen molar-refractivity contribution in [1.82, 2.24) is 15.2 Å². The molecule has 1 aromatic heterocycles. The van der Waals surface area contributed by atoms with Gasteiger partial charge in [0.25, 0.3) is 5.91 Å². The molecule has 0 spiro atoms. The fourth-order valence-electron chi connectivity index (χ4n) is 3.27. The van der Waals surface area contributed by atoms with E-state index in [9.17, 15) is 9.59 Å². The molecule has 0 unspecified atom stereocenters. The number of thiazole rings is 1. The normalized spacial score (nSPS) is 11.9. The quantitative estimate of drug-likeness (QED) is 0.377. The van der Waals surface area contributed by atoms with Crippen LogP contribution in [0.4, 0.5) is 10.8 Å². The van der Waals surface area contributed by atoms with Gasteiger partial charge in [-0.1, -0.05) is 44.9 Å². The van der Waals surface area contributed by atoms with Crippen molar-refractivity contribution in [3.63, 3.8) is 0 Å². The molecule has 9 heteroatoms. The van der Waals surface area contributed by atoms with Crippen LogP contribution in [0.5, 0.6) is 0 Å². The first-order chi connectivity index (χ1) is 17.9. The Bertz CT molecular complexity index is 1190. The van der Waals surface area contributed by atoms with Crippen molar-refractivity contribution < 1.29 is 9.59 Å². The molecule has 0 radical (unpaired) electrons. The lowest BCUT2D eigenvalue weighted by Crippen LogP contribution is -2.25. The summed E-state index contributed by atoms with van der Waals surface area (Å²) in [6.07, 6.45) is 4.20. The van der Waals surface area contributed by atoms with Crippen LogP contribution in [0.3, 0.4) is 0 Å². The molecule has 2 amide bonds. The van der Waals surface area contributed by atoms with Crippen LogP contribution in [-0.4, -0.2) is 42.8 Å². The number of nitriles is 1. The van der Waals surface area contributed by atoms with Gasteiger partial charge in [0.1, 0.15) is 0 Å². The number of carbonyl (C=O) groups excluding carboxylic acids is 2. The highest BCUT2D eigenvalue weighted by Crippen LogP contribution is 2.28. The van der Waals surface area contributed by atoms with Crippen molar-refractivity contribution in [3.8, 4) is 6.07 Å². The summed E-state index contributed by atoms with van der Waals surface area (Å²) in [7, 11) is 3.91. The lowest BCUT2D eigenvalue weighted by Gasteiger charge is -2.20. The molecule has 0 fully saturated rings. The number of aromatic nitrogens is 1. The molecular formula is C28H36N6O2S. The molecule has 0 aliphatic carbocycles. The Morgan fingerprint density at radius 3 is 2.62 bits per heavy atom. The number of nitrogens with one attached hydrogen (secondary N) is 3. The van der Waals surface area contributed by atoms with Gasteiger partial charge in [0.15, 0.2) is 5.13 Å². The number of benzene rings is 2. The number of hydrogen-bond donors (Lipinski definition) is 3. The summed E-state index contributed by atoms with van der Waals surface area (Å²) in [5.41, 5.74) is 4.18. The van der Waals surface area contributed by atoms with Crippen LogP contribution in [0.2, 0.25) is 0 Å². The molecule has 0 saturated heterocycles. The fourth-order valence-corrected chi connectivity index (χ4v) is 4.36. The SMILES string of the molecule is CCCC.CN1CCc2nc(NC(=O)c3cccc(CNC=O)c3)sc2C1.CNc1cccc(C#N)c1. The van der Waals surface area contributed by atoms with Gasteiger partial charge in [-0.25, -0.2) is 4.98 Å². The maximum Gasteiger partial charge on any atom is 0.257 e. The van der Waals surface area contributed by atoms with E-state index in [0.29, 0.717) is 29.2 Å². The second-order valence-corrected chi connectivity index (χ2v) is 9.56. The van der Waals surface area contributed by atoms with Crippen molar-refractivity contribution in [2.45, 2.75) is 46.2 Å². The van der Waals surface area contributed by atoms with E-state index in [1.807, 2.05) is 25.2 Å². The van der Waals surface area contributed by atoms with Gasteiger partial charge in [0, 0.05) is 49.2 Å². The summed E-state index contributed by atoms with van der Waals surface area (Å²) < 4.78 is 0. The number of unbranched alkanes of at least 4 members (excludes halogenated alkanes) is 1. The minimum absolute atomic E-state index is 0.183. The number of likely N-dealkylation sites (N-methyl/N-ethyl adjacent to an activating group) is 1. The summed E-state index contributed by atoms with van der Waals surface area (Å²) in [5, 5.41) is 17.5. The van der Waals surface area contributed by atoms with Crippen LogP contribution >= 0.6 is 11.3 Å². The van der Waals surface area contributed by atoms with E-state index >= 15 is 0 Å². The number of carbonyl (C=O) groups is 2. The van der Waals surface area contributed by atoms with E-state index in [-0.39, 0.29) is 5.91 Å². The first-order valence-corrected chi connectivity index (χ1v) is 13.2. The third-order valence-electron chi connectivity index (χ3n) is 5.50. The van der Waals surface area contributed by atoms with E-state index < -0.39 is 0 Å². The summed E-state index contributed by atoms with van der Waals surface area (Å²) in [5.74, 6) is -0.183. The highest BCUT2D eigenvalue weighted by Gasteiger charge is 2.19. The van der Waals surface area contributed by atoms with Gasteiger partial charge in [-0.3, -0.25) is 14.9 Å². The minimum Gasteiger partial charge on any atom is -0.388 e. The highest BCUT2D eigenvalue weighted by atomic mass is 32.1. The van der Waals surface area contributed by atoms with Crippen LogP contribution in [0.25, 0.3) is 0 Å². The Hall–Kier alpha value is -3.74. The average molecular weight is 521 g/mol. The summed E-state index contributed by atoms with van der Waals surface area (Å²) in [6.45, 7) is 6.65. The average Bonchev–Trinajstić information content (AvgIpc) is 3.33. The molecule has 1 aliphatic heterocycles. The molecule has 37 heavy (non-hydrogen) atoms. The Morgan fingerprint density at radius 2 is 1.95 bits per heavy atom. The minimum atomic E-state index is -0.183. The first-order valence-electron chi connectivity index (χ1n) is 12.4. The topological polar surface area (TPSA) is 110 Å². The molecular weight excluding hydrogens is 484 g/mol. The Labute approximate surface area is 223 Å². The van der Waals surface area contributed by atoms with Gasteiger partial charge in [0.05, 0.1) is 17.3 Å². The van der Waals surface area contributed by atoms with E-state index in [2.05, 4.69) is 52.8 Å². The first kappa shape index (κ1) is 29.5. The van der Waals surface area contributed by atoms with Crippen molar-refractivity contribution in [3.05, 3.63) is 75.8 Å². The number of hydrogen-bond acceptors (Lipinski definition) is 7. The molecule has 3 aromatic rings. The van der Waals surface area contributed by atoms with Crippen molar-refractivity contribution in [2.24, 2.45) is 0 Å². The maximum absolute atomic E-state index is 12.4. The number of amides is 2. The predicted octanol–water partition coefficient (Wildman–Crippen LogP) is 5.04. The Kier molecular flexibility index (Phi) is 12.8. The molecule has 2 aromatic carbocycles. The molecule has 196 valence electrons. The number of nitrogens with zero attached hydrogens (tertiary/aromatic N) is 3. The molecule has 0 bridgehead atoms. The summed E-state index contributed by atoms with van der Waals surface area (Å²) in [4.78, 5) is 30.7. The van der Waals surface area contributed by atoms with Gasteiger partial charge < -0.3 is 15.5 Å². The predicted molar refractivity (Wildman–Crippen MR) is 151 cm³/mol. The lowest BCUT2D eigenvalue weighted by molar-refractivity contribution is -0.109. The number of anilines is 2. The second kappa shape index (κ2) is 16.1. The summed E-state index contributed by atoms with van der Waals surface area (Å²) >= 11 is 1.54. The maximum atomic E-state index is 12.4. The molecule has 1 aliphatic rings. The van der Waals surface area contributed by atoms with E-state index in [4.69, 9.17) is 5.26 Å². The molecule has 4 rings (SSSR count). The smallest absolute Gasteiger partial charge is 0.257 e. The molecule has 3 N–H and O–H groups in total. The molecule has 0 atom stereocenters. The van der Waals surface area contributed by atoms with Gasteiger partial charge in [0.2, 0.25) is 6.41 Å².